The van der Waals surface area contributed by atoms with Crippen LogP contribution < -0.4 is 9.50 Å². The van der Waals surface area contributed by atoms with E-state index in [0.717, 1.165) is 12.8 Å². The van der Waals surface area contributed by atoms with E-state index >= 15 is 0 Å². The number of hydrogen-bond donors (Lipinski definition) is 3. The van der Waals surface area contributed by atoms with Gasteiger partial charge in [-0.1, -0.05) is 36.0 Å². The first-order valence-electron chi connectivity index (χ1n) is 12.4. The Morgan fingerprint density at radius 3 is 2.51 bits per heavy atom. The maximum atomic E-state index is 13.3. The van der Waals surface area contributed by atoms with Crippen molar-refractivity contribution < 1.29 is 32.0 Å². The molecule has 1 amide bonds. The van der Waals surface area contributed by atoms with Crippen LogP contribution in [0.1, 0.15) is 48.3 Å². The minimum absolute atomic E-state index is 0.0126. The van der Waals surface area contributed by atoms with Gasteiger partial charge < -0.3 is 19.7 Å². The van der Waals surface area contributed by atoms with E-state index in [4.69, 9.17) is 27.4 Å². The molecule has 0 radical (unpaired) electrons. The number of imidazole rings is 1. The lowest BCUT2D eigenvalue weighted by molar-refractivity contribution is 0.0712. The largest absolute Gasteiger partial charge is 0.391 e. The molecule has 4 rings (SSSR count). The Hall–Kier alpha value is -2.70. The van der Waals surface area contributed by atoms with E-state index in [1.54, 1.807) is 12.1 Å². The van der Waals surface area contributed by atoms with Crippen LogP contribution in [0.4, 0.5) is 4.39 Å². The van der Waals surface area contributed by atoms with E-state index in [0.29, 0.717) is 29.1 Å². The van der Waals surface area contributed by atoms with Crippen molar-refractivity contribution in [1.29, 1.82) is 0 Å². The van der Waals surface area contributed by atoms with Gasteiger partial charge in [0, 0.05) is 16.3 Å². The summed E-state index contributed by atoms with van der Waals surface area (Å²) in [6.07, 6.45) is 2.08. The van der Waals surface area contributed by atoms with Crippen LogP contribution in [0.25, 0.3) is 17.1 Å². The third-order valence-corrected chi connectivity index (χ3v) is 8.18. The Labute approximate surface area is 235 Å². The quantitative estimate of drug-likeness (QED) is 0.294. The van der Waals surface area contributed by atoms with Crippen molar-refractivity contribution in [1.82, 2.24) is 14.9 Å². The summed E-state index contributed by atoms with van der Waals surface area (Å²) in [5, 5.41) is 24.2. The third-order valence-electron chi connectivity index (χ3n) is 6.40. The first-order chi connectivity index (χ1) is 18.6. The molecule has 1 aliphatic carbocycles. The standard InChI is InChI=1S/C26H28Cl2FN3O6S/c27-16-6-11-19(20(28)14-16)25-31-24(26(35)30-21-4-1-2-5-23(21)34)22(15-33)32(25)17-7-9-18(10-8-17)38-39(36,37)13-3-12-29/h6-11,14,21,23,33-34H,1-5,12-13,15H2,(H,30,35). The van der Waals surface area contributed by atoms with Gasteiger partial charge >= 0.3 is 10.1 Å². The van der Waals surface area contributed by atoms with Crippen LogP contribution in [-0.2, 0) is 16.7 Å². The van der Waals surface area contributed by atoms with Crippen molar-refractivity contribution in [3.63, 3.8) is 0 Å². The molecule has 1 fully saturated rings. The Bertz CT molecular complexity index is 1430. The zero-order chi connectivity index (χ0) is 28.2. The van der Waals surface area contributed by atoms with Crippen LogP contribution in [0, 0.1) is 0 Å². The predicted octanol–water partition coefficient (Wildman–Crippen LogP) is 4.44. The first-order valence-corrected chi connectivity index (χ1v) is 14.7. The monoisotopic (exact) mass is 599 g/mol. The molecule has 9 nitrogen and oxygen atoms in total. The molecule has 2 aromatic carbocycles. The summed E-state index contributed by atoms with van der Waals surface area (Å²) in [6.45, 7) is -1.35. The van der Waals surface area contributed by atoms with Gasteiger partial charge in [-0.2, -0.15) is 8.42 Å². The maximum absolute atomic E-state index is 13.3. The number of aliphatic hydroxyl groups is 2. The van der Waals surface area contributed by atoms with Gasteiger partial charge in [0.2, 0.25) is 0 Å². The molecule has 0 saturated heterocycles. The molecule has 0 spiro atoms. The number of hydrogen-bond acceptors (Lipinski definition) is 7. The summed E-state index contributed by atoms with van der Waals surface area (Å²) in [5.41, 5.74) is 0.966. The predicted molar refractivity (Wildman–Crippen MR) is 146 cm³/mol. The van der Waals surface area contributed by atoms with Crippen molar-refractivity contribution in [2.45, 2.75) is 50.9 Å². The van der Waals surface area contributed by atoms with E-state index < -0.39 is 47.2 Å². The second kappa shape index (κ2) is 12.6. The smallest absolute Gasteiger partial charge is 0.309 e. The molecule has 13 heteroatoms. The normalized spacial score (nSPS) is 17.7. The summed E-state index contributed by atoms with van der Waals surface area (Å²) in [4.78, 5) is 17.9. The van der Waals surface area contributed by atoms with Crippen molar-refractivity contribution >= 4 is 39.2 Å². The minimum Gasteiger partial charge on any atom is -0.391 e. The summed E-state index contributed by atoms with van der Waals surface area (Å²) < 4.78 is 43.1. The Morgan fingerprint density at radius 1 is 1.15 bits per heavy atom. The van der Waals surface area contributed by atoms with Crippen LogP contribution >= 0.6 is 23.2 Å². The molecule has 3 N–H and O–H groups in total. The highest BCUT2D eigenvalue weighted by molar-refractivity contribution is 7.87. The summed E-state index contributed by atoms with van der Waals surface area (Å²) in [6, 6.07) is 10.2. The van der Waals surface area contributed by atoms with E-state index in [-0.39, 0.29) is 34.4 Å². The first kappa shape index (κ1) is 29.3. The van der Waals surface area contributed by atoms with Crippen LogP contribution in [0.15, 0.2) is 42.5 Å². The molecule has 39 heavy (non-hydrogen) atoms. The molecule has 1 aliphatic rings. The second-order valence-corrected chi connectivity index (χ2v) is 11.7. The summed E-state index contributed by atoms with van der Waals surface area (Å²) in [7, 11) is -3.98. The Morgan fingerprint density at radius 2 is 1.87 bits per heavy atom. The number of amides is 1. The highest BCUT2D eigenvalue weighted by atomic mass is 35.5. The number of nitrogens with zero attached hydrogens (tertiary/aromatic N) is 2. The van der Waals surface area contributed by atoms with E-state index in [1.165, 1.54) is 34.9 Å². The Kier molecular flexibility index (Phi) is 9.50. The molecule has 1 heterocycles. The van der Waals surface area contributed by atoms with Gasteiger partial charge in [-0.15, -0.1) is 0 Å². The molecule has 3 aromatic rings. The lowest BCUT2D eigenvalue weighted by Crippen LogP contribution is -2.45. The molecule has 210 valence electrons. The fourth-order valence-electron chi connectivity index (χ4n) is 4.50. The number of carbonyl (C=O) groups is 1. The number of aliphatic hydroxyl groups excluding tert-OH is 2. The number of benzene rings is 2. The molecule has 1 aromatic heterocycles. The van der Waals surface area contributed by atoms with Crippen LogP contribution in [0.5, 0.6) is 5.75 Å². The number of carbonyl (C=O) groups excluding carboxylic acids is 1. The molecule has 0 aliphatic heterocycles. The molecular weight excluding hydrogens is 572 g/mol. The van der Waals surface area contributed by atoms with Gasteiger partial charge in [-0.05, 0) is 61.7 Å². The zero-order valence-corrected chi connectivity index (χ0v) is 23.1. The number of rotatable bonds is 10. The maximum Gasteiger partial charge on any atom is 0.309 e. The van der Waals surface area contributed by atoms with E-state index in [9.17, 15) is 27.8 Å². The van der Waals surface area contributed by atoms with Gasteiger partial charge in [-0.25, -0.2) is 4.98 Å². The highest BCUT2D eigenvalue weighted by Gasteiger charge is 2.29. The fourth-order valence-corrected chi connectivity index (χ4v) is 5.94. The van der Waals surface area contributed by atoms with Gasteiger partial charge in [0.1, 0.15) is 11.6 Å². The Balaban J connectivity index is 1.76. The number of aromatic nitrogens is 2. The average molecular weight is 600 g/mol. The van der Waals surface area contributed by atoms with E-state index in [2.05, 4.69) is 10.3 Å². The number of halogens is 3. The zero-order valence-electron chi connectivity index (χ0n) is 20.8. The van der Waals surface area contributed by atoms with Crippen molar-refractivity contribution in [2.24, 2.45) is 0 Å². The lowest BCUT2D eigenvalue weighted by atomic mass is 9.92. The van der Waals surface area contributed by atoms with Crippen LogP contribution in [-0.4, -0.2) is 58.7 Å². The molecule has 1 saturated carbocycles. The van der Waals surface area contributed by atoms with Crippen molar-refractivity contribution in [3.8, 4) is 22.8 Å². The highest BCUT2D eigenvalue weighted by Crippen LogP contribution is 2.34. The topological polar surface area (TPSA) is 131 Å². The molecule has 2 atom stereocenters. The van der Waals surface area contributed by atoms with Crippen LogP contribution in [0.2, 0.25) is 10.0 Å². The molecule has 0 bridgehead atoms. The van der Waals surface area contributed by atoms with Gasteiger partial charge in [0.25, 0.3) is 5.91 Å². The van der Waals surface area contributed by atoms with E-state index in [1.807, 2.05) is 0 Å². The third kappa shape index (κ3) is 6.90. The van der Waals surface area contributed by atoms with Gasteiger partial charge in [0.15, 0.2) is 5.69 Å². The summed E-state index contributed by atoms with van der Waals surface area (Å²) >= 11 is 12.6. The number of alkyl halides is 1. The van der Waals surface area contributed by atoms with Crippen molar-refractivity contribution in [2.75, 3.05) is 12.4 Å². The molecule has 2 unspecified atom stereocenters. The molecular formula is C26H28Cl2FN3O6S. The lowest BCUT2D eigenvalue weighted by Gasteiger charge is -2.28. The van der Waals surface area contributed by atoms with Gasteiger partial charge in [-0.3, -0.25) is 13.8 Å². The average Bonchev–Trinajstić information content (AvgIpc) is 3.28. The van der Waals surface area contributed by atoms with Crippen LogP contribution in [0.3, 0.4) is 0 Å². The van der Waals surface area contributed by atoms with Crippen molar-refractivity contribution in [3.05, 3.63) is 63.9 Å². The fraction of sp³-hybridized carbons (Fsp3) is 0.385. The second-order valence-electron chi connectivity index (χ2n) is 9.16. The minimum atomic E-state index is -3.98. The van der Waals surface area contributed by atoms with Gasteiger partial charge in [0.05, 0.1) is 41.9 Å². The number of nitrogens with one attached hydrogen (secondary N) is 1. The summed E-state index contributed by atoms with van der Waals surface area (Å²) in [5.74, 6) is -0.777. The SMILES string of the molecule is O=C(NC1CCCCC1O)c1nc(-c2ccc(Cl)cc2Cl)n(-c2ccc(OS(=O)(=O)CCCF)cc2)c1CO.